The van der Waals surface area contributed by atoms with Crippen LogP contribution in [0.2, 0.25) is 0 Å². The fourth-order valence-corrected chi connectivity index (χ4v) is 7.12. The van der Waals surface area contributed by atoms with Crippen LogP contribution in [0.5, 0.6) is 0 Å². The Balaban J connectivity index is 1.63. The predicted molar refractivity (Wildman–Crippen MR) is 90.3 cm³/mol. The summed E-state index contributed by atoms with van der Waals surface area (Å²) in [6.07, 6.45) is 12.1. The molecule has 0 saturated heterocycles. The molecule has 4 saturated carbocycles. The molecular formula is C18H33NS. The monoisotopic (exact) mass is 295 g/mol. The van der Waals surface area contributed by atoms with E-state index in [1.165, 1.54) is 24.3 Å². The topological polar surface area (TPSA) is 12.0 Å². The first-order valence-electron chi connectivity index (χ1n) is 9.07. The number of hydrogen-bond donors (Lipinski definition) is 1. The molecule has 4 fully saturated rings. The van der Waals surface area contributed by atoms with Crippen molar-refractivity contribution in [2.24, 2.45) is 23.2 Å². The Labute approximate surface area is 130 Å². The number of thioether (sulfide) groups is 1. The molecule has 0 amide bonds. The molecule has 0 heterocycles. The van der Waals surface area contributed by atoms with E-state index in [-0.39, 0.29) is 0 Å². The fraction of sp³-hybridized carbons (Fsp3) is 1.00. The van der Waals surface area contributed by atoms with Gasteiger partial charge in [-0.2, -0.15) is 11.8 Å². The molecule has 4 aliphatic carbocycles. The van der Waals surface area contributed by atoms with Gasteiger partial charge in [-0.25, -0.2) is 0 Å². The SMILES string of the molecule is CCCCSCC(NCC)C12CC3CC(CC(C3)C1)C2. The van der Waals surface area contributed by atoms with Crippen molar-refractivity contribution >= 4 is 11.8 Å². The highest BCUT2D eigenvalue weighted by molar-refractivity contribution is 7.99. The lowest BCUT2D eigenvalue weighted by molar-refractivity contribution is -0.0691. The third-order valence-corrected chi connectivity index (χ3v) is 7.35. The van der Waals surface area contributed by atoms with E-state index in [0.717, 1.165) is 30.3 Å². The van der Waals surface area contributed by atoms with E-state index in [2.05, 4.69) is 30.9 Å². The van der Waals surface area contributed by atoms with Gasteiger partial charge in [0, 0.05) is 11.8 Å². The molecule has 2 heteroatoms. The molecule has 1 atom stereocenters. The normalized spacial score (nSPS) is 40.2. The minimum Gasteiger partial charge on any atom is -0.313 e. The largest absolute Gasteiger partial charge is 0.313 e. The summed E-state index contributed by atoms with van der Waals surface area (Å²) in [4.78, 5) is 0. The Morgan fingerprint density at radius 2 is 1.65 bits per heavy atom. The molecule has 1 N–H and O–H groups in total. The lowest BCUT2D eigenvalue weighted by atomic mass is 9.48. The average molecular weight is 296 g/mol. The lowest BCUT2D eigenvalue weighted by Crippen LogP contribution is -2.56. The zero-order valence-electron chi connectivity index (χ0n) is 13.5. The quantitative estimate of drug-likeness (QED) is 0.651. The molecule has 0 spiro atoms. The molecule has 0 aromatic heterocycles. The van der Waals surface area contributed by atoms with Crippen molar-refractivity contribution in [2.45, 2.75) is 71.3 Å². The van der Waals surface area contributed by atoms with Crippen molar-refractivity contribution in [3.05, 3.63) is 0 Å². The van der Waals surface area contributed by atoms with Crippen molar-refractivity contribution in [1.82, 2.24) is 5.32 Å². The summed E-state index contributed by atoms with van der Waals surface area (Å²) in [6, 6.07) is 0.794. The van der Waals surface area contributed by atoms with Gasteiger partial charge in [-0.3, -0.25) is 0 Å². The maximum atomic E-state index is 3.90. The summed E-state index contributed by atoms with van der Waals surface area (Å²) < 4.78 is 0. The van der Waals surface area contributed by atoms with E-state index in [0.29, 0.717) is 5.41 Å². The van der Waals surface area contributed by atoms with Gasteiger partial charge in [0.25, 0.3) is 0 Å². The highest BCUT2D eigenvalue weighted by Gasteiger charge is 2.53. The molecule has 1 nitrogen and oxygen atoms in total. The van der Waals surface area contributed by atoms with E-state index in [9.17, 15) is 0 Å². The first-order valence-corrected chi connectivity index (χ1v) is 10.2. The minimum atomic E-state index is 0.684. The maximum absolute atomic E-state index is 3.90. The van der Waals surface area contributed by atoms with Gasteiger partial charge < -0.3 is 5.32 Å². The molecule has 1 unspecified atom stereocenters. The Morgan fingerprint density at radius 1 is 1.05 bits per heavy atom. The molecule has 20 heavy (non-hydrogen) atoms. The first-order chi connectivity index (χ1) is 9.75. The number of rotatable bonds is 8. The molecule has 4 aliphatic rings. The van der Waals surface area contributed by atoms with E-state index in [1.54, 1.807) is 38.5 Å². The Kier molecular flexibility index (Phi) is 5.02. The van der Waals surface area contributed by atoms with Crippen LogP contribution >= 0.6 is 11.8 Å². The van der Waals surface area contributed by atoms with Crippen LogP contribution in [0.1, 0.15) is 65.2 Å². The highest BCUT2D eigenvalue weighted by atomic mass is 32.2. The van der Waals surface area contributed by atoms with Gasteiger partial charge in [-0.15, -0.1) is 0 Å². The zero-order chi connectivity index (χ0) is 14.0. The second kappa shape index (κ2) is 6.60. The maximum Gasteiger partial charge on any atom is 0.0214 e. The van der Waals surface area contributed by atoms with Crippen LogP contribution in [0.15, 0.2) is 0 Å². The van der Waals surface area contributed by atoms with E-state index < -0.39 is 0 Å². The molecule has 0 aliphatic heterocycles. The number of nitrogens with one attached hydrogen (secondary N) is 1. The van der Waals surface area contributed by atoms with Gasteiger partial charge in [0.1, 0.15) is 0 Å². The van der Waals surface area contributed by atoms with Crippen LogP contribution in [-0.2, 0) is 0 Å². The van der Waals surface area contributed by atoms with Crippen molar-refractivity contribution in [3.8, 4) is 0 Å². The molecule has 0 radical (unpaired) electrons. The van der Waals surface area contributed by atoms with Crippen molar-refractivity contribution in [1.29, 1.82) is 0 Å². The van der Waals surface area contributed by atoms with Crippen LogP contribution in [0, 0.1) is 23.2 Å². The van der Waals surface area contributed by atoms with Crippen molar-refractivity contribution in [2.75, 3.05) is 18.1 Å². The molecular weight excluding hydrogens is 262 g/mol. The van der Waals surface area contributed by atoms with E-state index in [1.807, 2.05) is 0 Å². The third-order valence-electron chi connectivity index (χ3n) is 6.20. The van der Waals surface area contributed by atoms with E-state index >= 15 is 0 Å². The third kappa shape index (κ3) is 3.06. The van der Waals surface area contributed by atoms with Crippen LogP contribution in [0.3, 0.4) is 0 Å². The second-order valence-electron chi connectivity index (χ2n) is 7.82. The average Bonchev–Trinajstić information content (AvgIpc) is 2.40. The summed E-state index contributed by atoms with van der Waals surface area (Å²) in [5, 5.41) is 3.90. The molecule has 0 aromatic rings. The van der Waals surface area contributed by atoms with Gasteiger partial charge in [0.15, 0.2) is 0 Å². The van der Waals surface area contributed by atoms with E-state index in [4.69, 9.17) is 0 Å². The van der Waals surface area contributed by atoms with Crippen molar-refractivity contribution in [3.63, 3.8) is 0 Å². The summed E-state index contributed by atoms with van der Waals surface area (Å²) in [6.45, 7) is 5.76. The smallest absolute Gasteiger partial charge is 0.0214 e. The van der Waals surface area contributed by atoms with Gasteiger partial charge in [0.2, 0.25) is 0 Å². The lowest BCUT2D eigenvalue weighted by Gasteiger charge is -2.59. The summed E-state index contributed by atoms with van der Waals surface area (Å²) in [7, 11) is 0. The highest BCUT2D eigenvalue weighted by Crippen LogP contribution is 2.61. The van der Waals surface area contributed by atoms with Gasteiger partial charge >= 0.3 is 0 Å². The molecule has 4 rings (SSSR count). The molecule has 116 valence electrons. The van der Waals surface area contributed by atoms with Gasteiger partial charge in [0.05, 0.1) is 0 Å². The number of hydrogen-bond acceptors (Lipinski definition) is 2. The van der Waals surface area contributed by atoms with Gasteiger partial charge in [-0.05, 0) is 80.4 Å². The fourth-order valence-electron chi connectivity index (χ4n) is 5.75. The first kappa shape index (κ1) is 15.2. The van der Waals surface area contributed by atoms with Crippen LogP contribution in [-0.4, -0.2) is 24.1 Å². The predicted octanol–water partition coefficient (Wildman–Crippen LogP) is 4.71. The minimum absolute atomic E-state index is 0.684. The molecule has 4 bridgehead atoms. The van der Waals surface area contributed by atoms with Gasteiger partial charge in [-0.1, -0.05) is 20.3 Å². The second-order valence-corrected chi connectivity index (χ2v) is 8.97. The number of unbranched alkanes of at least 4 members (excludes halogenated alkanes) is 1. The summed E-state index contributed by atoms with van der Waals surface area (Å²) in [5.41, 5.74) is 0.684. The van der Waals surface area contributed by atoms with Crippen LogP contribution in [0.4, 0.5) is 0 Å². The Bertz CT molecular complexity index is 279. The summed E-state index contributed by atoms with van der Waals surface area (Å²) >= 11 is 2.21. The zero-order valence-corrected chi connectivity index (χ0v) is 14.3. The Morgan fingerprint density at radius 3 is 2.15 bits per heavy atom. The Hall–Kier alpha value is 0.310. The standard InChI is InChI=1S/C18H33NS/c1-3-5-6-20-13-17(19-4-2)18-10-14-7-15(11-18)9-16(8-14)12-18/h14-17,19H,3-13H2,1-2H3. The summed E-state index contributed by atoms with van der Waals surface area (Å²) in [5.74, 6) is 5.99. The molecule has 0 aromatic carbocycles. The van der Waals surface area contributed by atoms with Crippen LogP contribution in [0.25, 0.3) is 0 Å². The van der Waals surface area contributed by atoms with Crippen LogP contribution < -0.4 is 5.32 Å². The van der Waals surface area contributed by atoms with Crippen molar-refractivity contribution < 1.29 is 0 Å².